The van der Waals surface area contributed by atoms with E-state index in [-0.39, 0.29) is 17.7 Å². The van der Waals surface area contributed by atoms with Crippen molar-refractivity contribution < 1.29 is 14.7 Å². The van der Waals surface area contributed by atoms with Crippen LogP contribution < -0.4 is 0 Å². The molecule has 2 rings (SSSR count). The molecular weight excluding hydrogens is 218 g/mol. The van der Waals surface area contributed by atoms with Gasteiger partial charge >= 0.3 is 5.97 Å². The van der Waals surface area contributed by atoms with Crippen LogP contribution in [0.5, 0.6) is 0 Å². The van der Waals surface area contributed by atoms with E-state index in [4.69, 9.17) is 5.11 Å². The van der Waals surface area contributed by atoms with Crippen LogP contribution in [0.25, 0.3) is 0 Å². The molecule has 0 bridgehead atoms. The van der Waals surface area contributed by atoms with Crippen LogP contribution in [0, 0.1) is 17.8 Å². The molecule has 96 valence electrons. The Morgan fingerprint density at radius 3 is 2.47 bits per heavy atom. The van der Waals surface area contributed by atoms with Gasteiger partial charge in [-0.1, -0.05) is 13.3 Å². The second-order valence-corrected chi connectivity index (χ2v) is 5.58. The molecule has 3 atom stereocenters. The number of rotatable bonds is 2. The Morgan fingerprint density at radius 1 is 1.18 bits per heavy atom. The van der Waals surface area contributed by atoms with Crippen molar-refractivity contribution in [1.29, 1.82) is 0 Å². The van der Waals surface area contributed by atoms with E-state index in [2.05, 4.69) is 6.92 Å². The fourth-order valence-electron chi connectivity index (χ4n) is 3.03. The topological polar surface area (TPSA) is 57.6 Å². The number of aliphatic carboxylic acids is 1. The summed E-state index contributed by atoms with van der Waals surface area (Å²) < 4.78 is 0. The van der Waals surface area contributed by atoms with Crippen LogP contribution >= 0.6 is 0 Å². The van der Waals surface area contributed by atoms with Gasteiger partial charge in [0.1, 0.15) is 0 Å². The van der Waals surface area contributed by atoms with Gasteiger partial charge in [0, 0.05) is 19.0 Å². The van der Waals surface area contributed by atoms with Crippen molar-refractivity contribution in [2.24, 2.45) is 17.8 Å². The normalized spacial score (nSPS) is 33.7. The van der Waals surface area contributed by atoms with Gasteiger partial charge in [-0.2, -0.15) is 0 Å². The van der Waals surface area contributed by atoms with Crippen LogP contribution in [0.3, 0.4) is 0 Å². The van der Waals surface area contributed by atoms with E-state index in [1.807, 2.05) is 4.90 Å². The maximum absolute atomic E-state index is 12.2. The SMILES string of the molecule is CC1CCN(C(=O)C2CCCC(C(=O)O)C2)C1. The lowest BCUT2D eigenvalue weighted by Crippen LogP contribution is -2.37. The van der Waals surface area contributed by atoms with Crippen molar-refractivity contribution in [3.63, 3.8) is 0 Å². The van der Waals surface area contributed by atoms with Gasteiger partial charge in [-0.25, -0.2) is 0 Å². The quantitative estimate of drug-likeness (QED) is 0.798. The first-order valence-corrected chi connectivity index (χ1v) is 6.59. The van der Waals surface area contributed by atoms with Crippen LogP contribution in [0.2, 0.25) is 0 Å². The Morgan fingerprint density at radius 2 is 1.88 bits per heavy atom. The first-order valence-electron chi connectivity index (χ1n) is 6.59. The number of likely N-dealkylation sites (tertiary alicyclic amines) is 1. The zero-order valence-electron chi connectivity index (χ0n) is 10.4. The van der Waals surface area contributed by atoms with Crippen LogP contribution in [0.1, 0.15) is 39.0 Å². The first kappa shape index (κ1) is 12.4. The summed E-state index contributed by atoms with van der Waals surface area (Å²) in [7, 11) is 0. The monoisotopic (exact) mass is 239 g/mol. The van der Waals surface area contributed by atoms with Crippen LogP contribution in [0.15, 0.2) is 0 Å². The fraction of sp³-hybridized carbons (Fsp3) is 0.846. The van der Waals surface area contributed by atoms with Gasteiger partial charge < -0.3 is 10.0 Å². The molecule has 1 saturated heterocycles. The highest BCUT2D eigenvalue weighted by molar-refractivity contribution is 5.80. The molecule has 1 N–H and O–H groups in total. The summed E-state index contributed by atoms with van der Waals surface area (Å²) in [5, 5.41) is 9.02. The molecule has 0 aromatic heterocycles. The van der Waals surface area contributed by atoms with E-state index < -0.39 is 5.97 Å². The van der Waals surface area contributed by atoms with Gasteiger partial charge in [0.2, 0.25) is 5.91 Å². The molecule has 1 aliphatic carbocycles. The van der Waals surface area contributed by atoms with Crippen LogP contribution in [-0.4, -0.2) is 35.0 Å². The minimum atomic E-state index is -0.739. The van der Waals surface area contributed by atoms with Crippen molar-refractivity contribution in [2.75, 3.05) is 13.1 Å². The molecule has 4 nitrogen and oxygen atoms in total. The summed E-state index contributed by atoms with van der Waals surface area (Å²) in [6.07, 6.45) is 4.10. The third kappa shape index (κ3) is 2.79. The lowest BCUT2D eigenvalue weighted by molar-refractivity contribution is -0.145. The fourth-order valence-corrected chi connectivity index (χ4v) is 3.03. The molecule has 0 spiro atoms. The number of hydrogen-bond acceptors (Lipinski definition) is 2. The van der Waals surface area contributed by atoms with E-state index in [0.29, 0.717) is 12.3 Å². The van der Waals surface area contributed by atoms with Crippen molar-refractivity contribution >= 4 is 11.9 Å². The van der Waals surface area contributed by atoms with Gasteiger partial charge in [0.15, 0.2) is 0 Å². The van der Waals surface area contributed by atoms with Gasteiger partial charge in [0.05, 0.1) is 5.92 Å². The Hall–Kier alpha value is -1.06. The Bertz CT molecular complexity index is 316. The number of carboxylic acid groups (broad SMARTS) is 1. The zero-order chi connectivity index (χ0) is 12.4. The zero-order valence-corrected chi connectivity index (χ0v) is 10.4. The van der Waals surface area contributed by atoms with E-state index in [1.165, 1.54) is 0 Å². The maximum atomic E-state index is 12.2. The molecule has 1 heterocycles. The summed E-state index contributed by atoms with van der Waals surface area (Å²) in [5.41, 5.74) is 0. The average Bonchev–Trinajstić information content (AvgIpc) is 2.75. The highest BCUT2D eigenvalue weighted by Crippen LogP contribution is 2.31. The number of carbonyl (C=O) groups is 2. The standard InChI is InChI=1S/C13H21NO3/c1-9-5-6-14(8-9)12(15)10-3-2-4-11(7-10)13(16)17/h9-11H,2-8H2,1H3,(H,16,17). The van der Waals surface area contributed by atoms with E-state index in [9.17, 15) is 9.59 Å². The number of carbonyl (C=O) groups excluding carboxylic acids is 1. The average molecular weight is 239 g/mol. The minimum absolute atomic E-state index is 0.0462. The van der Waals surface area contributed by atoms with Gasteiger partial charge in [0.25, 0.3) is 0 Å². The van der Waals surface area contributed by atoms with Gasteiger partial charge in [-0.3, -0.25) is 9.59 Å². The molecule has 2 fully saturated rings. The van der Waals surface area contributed by atoms with Crippen LogP contribution in [0.4, 0.5) is 0 Å². The second-order valence-electron chi connectivity index (χ2n) is 5.58. The van der Waals surface area contributed by atoms with Gasteiger partial charge in [-0.05, 0) is 31.6 Å². The van der Waals surface area contributed by atoms with Crippen molar-refractivity contribution in [3.05, 3.63) is 0 Å². The summed E-state index contributed by atoms with van der Waals surface area (Å²) in [6.45, 7) is 3.87. The second kappa shape index (κ2) is 5.07. The summed E-state index contributed by atoms with van der Waals surface area (Å²) in [5.74, 6) is -0.303. The molecule has 0 radical (unpaired) electrons. The molecule has 17 heavy (non-hydrogen) atoms. The predicted octanol–water partition coefficient (Wildman–Crippen LogP) is 1.75. The molecule has 4 heteroatoms. The molecular formula is C13H21NO3. The smallest absolute Gasteiger partial charge is 0.306 e. The molecule has 0 aromatic carbocycles. The first-order chi connectivity index (χ1) is 8.08. The minimum Gasteiger partial charge on any atom is -0.481 e. The third-order valence-electron chi connectivity index (χ3n) is 4.11. The van der Waals surface area contributed by atoms with Crippen molar-refractivity contribution in [2.45, 2.75) is 39.0 Å². The largest absolute Gasteiger partial charge is 0.481 e. The van der Waals surface area contributed by atoms with Gasteiger partial charge in [-0.15, -0.1) is 0 Å². The van der Waals surface area contributed by atoms with E-state index in [1.54, 1.807) is 0 Å². The predicted molar refractivity (Wildman–Crippen MR) is 63.4 cm³/mol. The number of carboxylic acids is 1. The molecule has 3 unspecified atom stereocenters. The third-order valence-corrected chi connectivity index (χ3v) is 4.11. The van der Waals surface area contributed by atoms with E-state index >= 15 is 0 Å². The molecule has 1 amide bonds. The lowest BCUT2D eigenvalue weighted by Gasteiger charge is -2.29. The molecule has 2 aliphatic rings. The lowest BCUT2D eigenvalue weighted by atomic mass is 9.81. The Kier molecular flexibility index (Phi) is 3.69. The Balaban J connectivity index is 1.93. The number of hydrogen-bond donors (Lipinski definition) is 1. The van der Waals surface area contributed by atoms with Crippen LogP contribution in [-0.2, 0) is 9.59 Å². The Labute approximate surface area is 102 Å². The summed E-state index contributed by atoms with van der Waals surface area (Å²) >= 11 is 0. The number of nitrogens with zero attached hydrogens (tertiary/aromatic N) is 1. The number of amides is 1. The summed E-state index contributed by atoms with van der Waals surface area (Å²) in [6, 6.07) is 0. The maximum Gasteiger partial charge on any atom is 0.306 e. The highest BCUT2D eigenvalue weighted by atomic mass is 16.4. The van der Waals surface area contributed by atoms with E-state index in [0.717, 1.165) is 38.8 Å². The summed E-state index contributed by atoms with van der Waals surface area (Å²) in [4.78, 5) is 25.1. The molecule has 0 aromatic rings. The molecule has 1 aliphatic heterocycles. The molecule has 1 saturated carbocycles. The van der Waals surface area contributed by atoms with Crippen molar-refractivity contribution in [1.82, 2.24) is 4.90 Å². The highest BCUT2D eigenvalue weighted by Gasteiger charge is 2.34. The van der Waals surface area contributed by atoms with Crippen molar-refractivity contribution in [3.8, 4) is 0 Å².